The molecule has 1 atom stereocenters. The number of para-hydroxylation sites is 1. The van der Waals surface area contributed by atoms with Gasteiger partial charge in [0, 0.05) is 30.9 Å². The number of aromatic nitrogens is 2. The Labute approximate surface area is 136 Å². The lowest BCUT2D eigenvalue weighted by Gasteiger charge is -2.16. The van der Waals surface area contributed by atoms with Crippen molar-refractivity contribution in [2.75, 3.05) is 0 Å². The quantitative estimate of drug-likeness (QED) is 0.861. The van der Waals surface area contributed by atoms with Crippen LogP contribution in [-0.2, 0) is 13.6 Å². The van der Waals surface area contributed by atoms with Crippen LogP contribution in [0.2, 0.25) is 0 Å². The lowest BCUT2D eigenvalue weighted by atomic mass is 10.2. The number of ether oxygens (including phenoxy) is 1. The van der Waals surface area contributed by atoms with E-state index in [1.165, 1.54) is 0 Å². The summed E-state index contributed by atoms with van der Waals surface area (Å²) < 4.78 is 7.46. The predicted octanol–water partition coefficient (Wildman–Crippen LogP) is 2.77. The van der Waals surface area contributed by atoms with Crippen molar-refractivity contribution >= 4 is 6.03 Å². The van der Waals surface area contributed by atoms with Crippen LogP contribution >= 0.6 is 0 Å². The van der Waals surface area contributed by atoms with Crippen molar-refractivity contribution in [3.63, 3.8) is 0 Å². The number of nitrogens with one attached hydrogen (secondary N) is 2. The Balaban J connectivity index is 1.89. The molecule has 0 saturated carbocycles. The first kappa shape index (κ1) is 16.9. The molecule has 2 aromatic rings. The zero-order chi connectivity index (χ0) is 16.8. The maximum Gasteiger partial charge on any atom is 0.315 e. The summed E-state index contributed by atoms with van der Waals surface area (Å²) in [6, 6.07) is 7.38. The Morgan fingerprint density at radius 3 is 2.70 bits per heavy atom. The highest BCUT2D eigenvalue weighted by atomic mass is 16.5. The van der Waals surface area contributed by atoms with Crippen LogP contribution in [0.25, 0.3) is 0 Å². The first-order valence-corrected chi connectivity index (χ1v) is 7.73. The molecular formula is C17H24N4O2. The Morgan fingerprint density at radius 2 is 2.04 bits per heavy atom. The van der Waals surface area contributed by atoms with E-state index in [2.05, 4.69) is 15.7 Å². The van der Waals surface area contributed by atoms with Gasteiger partial charge in [-0.15, -0.1) is 0 Å². The Kier molecular flexibility index (Phi) is 5.62. The molecule has 2 amide bonds. The fraction of sp³-hybridized carbons (Fsp3) is 0.412. The third-order valence-corrected chi connectivity index (χ3v) is 3.35. The summed E-state index contributed by atoms with van der Waals surface area (Å²) in [5.41, 5.74) is 1.91. The molecule has 0 aliphatic rings. The number of urea groups is 1. The maximum atomic E-state index is 12.1. The average Bonchev–Trinajstić information content (AvgIpc) is 2.92. The topological polar surface area (TPSA) is 68.2 Å². The van der Waals surface area contributed by atoms with Gasteiger partial charge in [-0.3, -0.25) is 4.68 Å². The van der Waals surface area contributed by atoms with E-state index < -0.39 is 0 Å². The van der Waals surface area contributed by atoms with Crippen LogP contribution in [-0.4, -0.2) is 21.9 Å². The van der Waals surface area contributed by atoms with Gasteiger partial charge in [0.2, 0.25) is 0 Å². The number of hydrogen-bond acceptors (Lipinski definition) is 3. The number of nitrogens with zero attached hydrogens (tertiary/aromatic N) is 2. The fourth-order valence-electron chi connectivity index (χ4n) is 2.19. The summed E-state index contributed by atoms with van der Waals surface area (Å²) >= 11 is 0. The van der Waals surface area contributed by atoms with Crippen molar-refractivity contribution in [1.29, 1.82) is 0 Å². The molecule has 6 heteroatoms. The zero-order valence-corrected chi connectivity index (χ0v) is 14.0. The molecule has 0 bridgehead atoms. The van der Waals surface area contributed by atoms with Crippen molar-refractivity contribution in [2.45, 2.75) is 39.5 Å². The number of carbonyl (C=O) groups excluding carboxylic acids is 1. The third-order valence-electron chi connectivity index (χ3n) is 3.35. The summed E-state index contributed by atoms with van der Waals surface area (Å²) in [5, 5.41) is 9.86. The van der Waals surface area contributed by atoms with E-state index >= 15 is 0 Å². The van der Waals surface area contributed by atoms with E-state index in [0.717, 1.165) is 16.9 Å². The van der Waals surface area contributed by atoms with Crippen LogP contribution in [0, 0.1) is 0 Å². The number of amides is 2. The molecule has 0 spiro atoms. The van der Waals surface area contributed by atoms with Crippen LogP contribution < -0.4 is 15.4 Å². The highest BCUT2D eigenvalue weighted by molar-refractivity contribution is 5.74. The minimum absolute atomic E-state index is 0.0931. The number of carbonyl (C=O) groups is 1. The highest BCUT2D eigenvalue weighted by Crippen LogP contribution is 2.19. The van der Waals surface area contributed by atoms with Crippen LogP contribution in [0.5, 0.6) is 5.75 Å². The number of aryl methyl sites for hydroxylation is 1. The predicted molar refractivity (Wildman–Crippen MR) is 89.2 cm³/mol. The van der Waals surface area contributed by atoms with Gasteiger partial charge in [-0.2, -0.15) is 5.10 Å². The first-order valence-electron chi connectivity index (χ1n) is 7.73. The van der Waals surface area contributed by atoms with Gasteiger partial charge < -0.3 is 15.4 Å². The van der Waals surface area contributed by atoms with Crippen molar-refractivity contribution < 1.29 is 9.53 Å². The summed E-state index contributed by atoms with van der Waals surface area (Å²) in [5.74, 6) is 0.795. The molecular weight excluding hydrogens is 292 g/mol. The van der Waals surface area contributed by atoms with Gasteiger partial charge in [0.1, 0.15) is 5.75 Å². The second-order valence-electron chi connectivity index (χ2n) is 5.77. The summed E-state index contributed by atoms with van der Waals surface area (Å²) in [7, 11) is 1.85. The van der Waals surface area contributed by atoms with Gasteiger partial charge in [-0.1, -0.05) is 18.2 Å². The molecule has 1 aromatic heterocycles. The molecule has 1 aromatic carbocycles. The van der Waals surface area contributed by atoms with Crippen molar-refractivity contribution in [2.24, 2.45) is 7.05 Å². The lowest BCUT2D eigenvalue weighted by molar-refractivity contribution is 0.234. The Morgan fingerprint density at radius 1 is 1.30 bits per heavy atom. The second kappa shape index (κ2) is 7.67. The van der Waals surface area contributed by atoms with E-state index in [4.69, 9.17) is 4.74 Å². The van der Waals surface area contributed by atoms with Gasteiger partial charge in [0.15, 0.2) is 0 Å². The smallest absolute Gasteiger partial charge is 0.315 e. The minimum Gasteiger partial charge on any atom is -0.491 e. The van der Waals surface area contributed by atoms with E-state index in [1.54, 1.807) is 10.9 Å². The van der Waals surface area contributed by atoms with E-state index in [-0.39, 0.29) is 18.2 Å². The lowest BCUT2D eigenvalue weighted by Crippen LogP contribution is -2.36. The fourth-order valence-corrected chi connectivity index (χ4v) is 2.19. The normalized spacial score (nSPS) is 12.0. The van der Waals surface area contributed by atoms with Crippen molar-refractivity contribution in [3.8, 4) is 5.75 Å². The zero-order valence-electron chi connectivity index (χ0n) is 14.0. The molecule has 124 valence electrons. The van der Waals surface area contributed by atoms with Crippen LogP contribution in [0.4, 0.5) is 4.79 Å². The molecule has 1 unspecified atom stereocenters. The molecule has 2 rings (SSSR count). The SMILES string of the molecule is CC(C)Oc1ccccc1CNC(=O)NC(C)c1cnn(C)c1. The average molecular weight is 316 g/mol. The third kappa shape index (κ3) is 5.02. The first-order chi connectivity index (χ1) is 11.0. The Hall–Kier alpha value is -2.50. The molecule has 6 nitrogen and oxygen atoms in total. The summed E-state index contributed by atoms with van der Waals surface area (Å²) in [4.78, 5) is 12.1. The van der Waals surface area contributed by atoms with Gasteiger partial charge >= 0.3 is 6.03 Å². The van der Waals surface area contributed by atoms with Crippen LogP contribution in [0.1, 0.15) is 37.9 Å². The van der Waals surface area contributed by atoms with Gasteiger partial charge in [-0.05, 0) is 26.8 Å². The molecule has 0 fully saturated rings. The summed E-state index contributed by atoms with van der Waals surface area (Å²) in [6.07, 6.45) is 3.73. The highest BCUT2D eigenvalue weighted by Gasteiger charge is 2.12. The van der Waals surface area contributed by atoms with Crippen molar-refractivity contribution in [1.82, 2.24) is 20.4 Å². The van der Waals surface area contributed by atoms with Crippen LogP contribution in [0.3, 0.4) is 0 Å². The second-order valence-corrected chi connectivity index (χ2v) is 5.77. The standard InChI is InChI=1S/C17H24N4O2/c1-12(2)23-16-8-6-5-7-14(16)9-18-17(22)20-13(3)15-10-19-21(4)11-15/h5-8,10-13H,9H2,1-4H3,(H2,18,20,22). The van der Waals surface area contributed by atoms with E-state index in [0.29, 0.717) is 6.54 Å². The summed E-state index contributed by atoms with van der Waals surface area (Å²) in [6.45, 7) is 6.29. The molecule has 23 heavy (non-hydrogen) atoms. The van der Waals surface area contributed by atoms with Crippen LogP contribution in [0.15, 0.2) is 36.7 Å². The number of hydrogen-bond donors (Lipinski definition) is 2. The van der Waals surface area contributed by atoms with Gasteiger partial charge in [-0.25, -0.2) is 4.79 Å². The van der Waals surface area contributed by atoms with E-state index in [1.807, 2.05) is 58.3 Å². The molecule has 0 aliphatic carbocycles. The Bertz CT molecular complexity index is 652. The van der Waals surface area contributed by atoms with Gasteiger partial charge in [0.05, 0.1) is 18.3 Å². The minimum atomic E-state index is -0.222. The molecule has 0 aliphatic heterocycles. The van der Waals surface area contributed by atoms with Crippen molar-refractivity contribution in [3.05, 3.63) is 47.8 Å². The van der Waals surface area contributed by atoms with Gasteiger partial charge in [0.25, 0.3) is 0 Å². The molecule has 1 heterocycles. The molecule has 0 radical (unpaired) electrons. The van der Waals surface area contributed by atoms with E-state index in [9.17, 15) is 4.79 Å². The largest absolute Gasteiger partial charge is 0.491 e. The number of rotatable bonds is 6. The molecule has 0 saturated heterocycles. The number of benzene rings is 1. The molecule has 2 N–H and O–H groups in total. The maximum absolute atomic E-state index is 12.1. The monoisotopic (exact) mass is 316 g/mol.